The van der Waals surface area contributed by atoms with Gasteiger partial charge < -0.3 is 10.5 Å². The van der Waals surface area contributed by atoms with Crippen LogP contribution in [0.15, 0.2) is 12.7 Å². The van der Waals surface area contributed by atoms with Gasteiger partial charge >= 0.3 is 5.97 Å². The Morgan fingerprint density at radius 2 is 2.21 bits per heavy atom. The highest BCUT2D eigenvalue weighted by molar-refractivity contribution is 5.75. The molecule has 1 atom stereocenters. The van der Waals surface area contributed by atoms with E-state index in [2.05, 4.69) is 13.5 Å². The molecule has 0 radical (unpaired) electrons. The smallest absolute Gasteiger partial charge is 0.323 e. The van der Waals surface area contributed by atoms with Crippen LogP contribution in [0.2, 0.25) is 0 Å². The molecule has 0 aliphatic carbocycles. The molecule has 82 valence electrons. The van der Waals surface area contributed by atoms with Crippen molar-refractivity contribution in [3.63, 3.8) is 0 Å². The second-order valence-corrected chi connectivity index (χ2v) is 3.36. The number of carbonyl (C=O) groups excluding carboxylic acids is 1. The van der Waals surface area contributed by atoms with Crippen molar-refractivity contribution in [1.29, 1.82) is 0 Å². The van der Waals surface area contributed by atoms with Crippen molar-refractivity contribution in [3.8, 4) is 0 Å². The Morgan fingerprint density at radius 1 is 1.50 bits per heavy atom. The second kappa shape index (κ2) is 8.75. The number of unbranched alkanes of at least 4 members (excludes halogenated alkanes) is 3. The highest BCUT2D eigenvalue weighted by Crippen LogP contribution is 2.00. The Kier molecular flexibility index (Phi) is 8.24. The molecule has 0 aromatic heterocycles. The molecule has 0 aliphatic rings. The van der Waals surface area contributed by atoms with Gasteiger partial charge in [-0.3, -0.25) is 4.79 Å². The van der Waals surface area contributed by atoms with Gasteiger partial charge in [-0.05, 0) is 12.8 Å². The van der Waals surface area contributed by atoms with Gasteiger partial charge in [0, 0.05) is 0 Å². The van der Waals surface area contributed by atoms with Crippen LogP contribution in [0.3, 0.4) is 0 Å². The molecule has 0 bridgehead atoms. The average Bonchev–Trinajstić information content (AvgIpc) is 2.17. The molecule has 0 aliphatic heterocycles. The van der Waals surface area contributed by atoms with Gasteiger partial charge in [0.2, 0.25) is 0 Å². The number of nitrogens with two attached hydrogens (primary N) is 1. The largest absolute Gasteiger partial charge is 0.465 e. The number of carbonyl (C=O) groups is 1. The number of esters is 1. The van der Waals surface area contributed by atoms with E-state index < -0.39 is 6.04 Å². The fourth-order valence-corrected chi connectivity index (χ4v) is 1.08. The van der Waals surface area contributed by atoms with Crippen molar-refractivity contribution >= 4 is 5.97 Å². The van der Waals surface area contributed by atoms with Gasteiger partial charge in [-0.15, -0.1) is 6.58 Å². The summed E-state index contributed by atoms with van der Waals surface area (Å²) in [5.41, 5.74) is 5.52. The monoisotopic (exact) mass is 199 g/mol. The van der Waals surface area contributed by atoms with Crippen molar-refractivity contribution < 1.29 is 9.53 Å². The minimum atomic E-state index is -0.543. The van der Waals surface area contributed by atoms with Crippen LogP contribution in [0.1, 0.15) is 39.0 Å². The van der Waals surface area contributed by atoms with Crippen LogP contribution in [-0.2, 0) is 9.53 Å². The van der Waals surface area contributed by atoms with Crippen molar-refractivity contribution in [2.45, 2.75) is 45.1 Å². The third-order valence-electron chi connectivity index (χ3n) is 1.97. The van der Waals surface area contributed by atoms with E-state index in [0.717, 1.165) is 12.8 Å². The molecule has 0 fully saturated rings. The van der Waals surface area contributed by atoms with E-state index in [1.54, 1.807) is 6.08 Å². The summed E-state index contributed by atoms with van der Waals surface area (Å²) in [6, 6.07) is -0.543. The van der Waals surface area contributed by atoms with Gasteiger partial charge in [-0.2, -0.15) is 0 Å². The maximum Gasteiger partial charge on any atom is 0.323 e. The van der Waals surface area contributed by atoms with Crippen LogP contribution in [0.5, 0.6) is 0 Å². The molecule has 0 amide bonds. The molecule has 0 saturated carbocycles. The number of ether oxygens (including phenoxy) is 1. The lowest BCUT2D eigenvalue weighted by molar-refractivity contribution is -0.145. The first kappa shape index (κ1) is 13.2. The van der Waals surface area contributed by atoms with E-state index in [9.17, 15) is 4.79 Å². The Labute approximate surface area is 86.3 Å². The summed E-state index contributed by atoms with van der Waals surface area (Å²) in [7, 11) is 0. The summed E-state index contributed by atoms with van der Waals surface area (Å²) < 4.78 is 4.99. The third-order valence-corrected chi connectivity index (χ3v) is 1.97. The van der Waals surface area contributed by atoms with Gasteiger partial charge in [-0.25, -0.2) is 0 Å². The van der Waals surface area contributed by atoms with E-state index in [-0.39, 0.29) is 5.97 Å². The fourth-order valence-electron chi connectivity index (χ4n) is 1.08. The standard InChI is InChI=1S/C11H21NO2/c1-3-5-6-7-9-14-11(13)10(12)8-4-2/h4,10H,2-3,5-9,12H2,1H3. The first-order valence-electron chi connectivity index (χ1n) is 5.25. The molecule has 0 saturated heterocycles. The predicted molar refractivity (Wildman–Crippen MR) is 57.9 cm³/mol. The van der Waals surface area contributed by atoms with Gasteiger partial charge in [0.25, 0.3) is 0 Å². The van der Waals surface area contributed by atoms with Crippen molar-refractivity contribution in [1.82, 2.24) is 0 Å². The molecule has 3 heteroatoms. The normalized spacial score (nSPS) is 12.1. The number of hydrogen-bond acceptors (Lipinski definition) is 3. The second-order valence-electron chi connectivity index (χ2n) is 3.36. The van der Waals surface area contributed by atoms with Crippen LogP contribution in [0, 0.1) is 0 Å². The lowest BCUT2D eigenvalue weighted by atomic mass is 10.2. The Balaban J connectivity index is 3.38. The van der Waals surface area contributed by atoms with E-state index in [4.69, 9.17) is 10.5 Å². The third kappa shape index (κ3) is 6.66. The summed E-state index contributed by atoms with van der Waals surface area (Å²) in [6.07, 6.45) is 6.53. The SMILES string of the molecule is C=CCC(N)C(=O)OCCCCCC. The Bertz CT molecular complexity index is 169. The summed E-state index contributed by atoms with van der Waals surface area (Å²) in [5, 5.41) is 0. The highest BCUT2D eigenvalue weighted by Gasteiger charge is 2.12. The first-order chi connectivity index (χ1) is 6.72. The maximum absolute atomic E-state index is 11.2. The van der Waals surface area contributed by atoms with Crippen LogP contribution < -0.4 is 5.73 Å². The average molecular weight is 199 g/mol. The van der Waals surface area contributed by atoms with Gasteiger partial charge in [0.1, 0.15) is 6.04 Å². The highest BCUT2D eigenvalue weighted by atomic mass is 16.5. The zero-order chi connectivity index (χ0) is 10.8. The number of hydrogen-bond donors (Lipinski definition) is 1. The zero-order valence-electron chi connectivity index (χ0n) is 9.00. The van der Waals surface area contributed by atoms with Crippen LogP contribution in [-0.4, -0.2) is 18.6 Å². The molecule has 0 spiro atoms. The van der Waals surface area contributed by atoms with Crippen molar-refractivity contribution in [2.75, 3.05) is 6.61 Å². The van der Waals surface area contributed by atoms with E-state index in [1.807, 2.05) is 0 Å². The van der Waals surface area contributed by atoms with E-state index in [1.165, 1.54) is 12.8 Å². The summed E-state index contributed by atoms with van der Waals surface area (Å²) in [4.78, 5) is 11.2. The molecule has 2 N–H and O–H groups in total. The lowest BCUT2D eigenvalue weighted by Crippen LogP contribution is -2.31. The molecule has 1 unspecified atom stereocenters. The molecule has 0 rings (SSSR count). The van der Waals surface area contributed by atoms with Gasteiger partial charge in [0.15, 0.2) is 0 Å². The Morgan fingerprint density at radius 3 is 2.79 bits per heavy atom. The molecule has 0 heterocycles. The molecular formula is C11H21NO2. The van der Waals surface area contributed by atoms with Crippen molar-refractivity contribution in [2.24, 2.45) is 5.73 Å². The molecule has 14 heavy (non-hydrogen) atoms. The van der Waals surface area contributed by atoms with Crippen LogP contribution in [0.4, 0.5) is 0 Å². The topological polar surface area (TPSA) is 52.3 Å². The lowest BCUT2D eigenvalue weighted by Gasteiger charge is -2.08. The first-order valence-corrected chi connectivity index (χ1v) is 5.25. The fraction of sp³-hybridized carbons (Fsp3) is 0.727. The minimum absolute atomic E-state index is 0.318. The maximum atomic E-state index is 11.2. The molecule has 0 aromatic carbocycles. The quantitative estimate of drug-likeness (QED) is 0.369. The predicted octanol–water partition coefficient (Wildman–Crippen LogP) is 2.01. The summed E-state index contributed by atoms with van der Waals surface area (Å²) in [6.45, 7) is 6.15. The minimum Gasteiger partial charge on any atom is -0.465 e. The number of rotatable bonds is 8. The zero-order valence-corrected chi connectivity index (χ0v) is 9.00. The van der Waals surface area contributed by atoms with E-state index >= 15 is 0 Å². The molecule has 3 nitrogen and oxygen atoms in total. The Hall–Kier alpha value is -0.830. The molecule has 0 aromatic rings. The van der Waals surface area contributed by atoms with Crippen LogP contribution in [0.25, 0.3) is 0 Å². The van der Waals surface area contributed by atoms with Crippen LogP contribution >= 0.6 is 0 Å². The van der Waals surface area contributed by atoms with Gasteiger partial charge in [0.05, 0.1) is 6.61 Å². The summed E-state index contributed by atoms with van der Waals surface area (Å²) in [5.74, 6) is -0.318. The van der Waals surface area contributed by atoms with Gasteiger partial charge in [-0.1, -0.05) is 32.3 Å². The molecular weight excluding hydrogens is 178 g/mol. The van der Waals surface area contributed by atoms with E-state index in [0.29, 0.717) is 13.0 Å². The summed E-state index contributed by atoms with van der Waals surface area (Å²) >= 11 is 0. The van der Waals surface area contributed by atoms with Crippen molar-refractivity contribution in [3.05, 3.63) is 12.7 Å².